The summed E-state index contributed by atoms with van der Waals surface area (Å²) in [7, 11) is 0. The van der Waals surface area contributed by atoms with Crippen molar-refractivity contribution in [3.05, 3.63) is 57.8 Å². The van der Waals surface area contributed by atoms with E-state index in [1.54, 1.807) is 6.07 Å². The van der Waals surface area contributed by atoms with Gasteiger partial charge in [0.15, 0.2) is 0 Å². The van der Waals surface area contributed by atoms with Crippen LogP contribution in [0.4, 0.5) is 0 Å². The summed E-state index contributed by atoms with van der Waals surface area (Å²) >= 11 is 1.29. The summed E-state index contributed by atoms with van der Waals surface area (Å²) in [6.45, 7) is 5.89. The minimum atomic E-state index is -0.832. The molecule has 0 radical (unpaired) electrons. The highest BCUT2D eigenvalue weighted by molar-refractivity contribution is 7.15. The fraction of sp³-hybridized carbons (Fsp3) is 0.318. The number of primary amides is 1. The van der Waals surface area contributed by atoms with Gasteiger partial charge in [-0.1, -0.05) is 30.3 Å². The number of amides is 2. The third-order valence-electron chi connectivity index (χ3n) is 4.62. The lowest BCUT2D eigenvalue weighted by Crippen LogP contribution is -2.38. The molecular formula is C22H26N6O3S. The van der Waals surface area contributed by atoms with Crippen LogP contribution >= 0.6 is 11.3 Å². The number of benzene rings is 1. The molecule has 168 valence electrons. The van der Waals surface area contributed by atoms with Crippen molar-refractivity contribution in [1.29, 1.82) is 0 Å². The molecule has 2 aromatic heterocycles. The van der Waals surface area contributed by atoms with Crippen molar-refractivity contribution in [1.82, 2.24) is 25.4 Å². The van der Waals surface area contributed by atoms with Crippen LogP contribution in [0.2, 0.25) is 0 Å². The molecule has 1 atom stereocenters. The number of nitrogens with zero attached hydrogens (tertiary/aromatic N) is 3. The van der Waals surface area contributed by atoms with E-state index < -0.39 is 11.9 Å². The lowest BCUT2D eigenvalue weighted by molar-refractivity contribution is -0.120. The van der Waals surface area contributed by atoms with Gasteiger partial charge in [0.25, 0.3) is 5.56 Å². The second kappa shape index (κ2) is 10.3. The third-order valence-corrected chi connectivity index (χ3v) is 5.76. The van der Waals surface area contributed by atoms with E-state index in [4.69, 9.17) is 10.7 Å². The van der Waals surface area contributed by atoms with Crippen LogP contribution in [-0.2, 0) is 9.59 Å². The lowest BCUT2D eigenvalue weighted by Gasteiger charge is -2.13. The highest BCUT2D eigenvalue weighted by Crippen LogP contribution is 2.37. The average molecular weight is 455 g/mol. The predicted octanol–water partition coefficient (Wildman–Crippen LogP) is 1.87. The molecule has 1 aromatic carbocycles. The number of carbonyl (C=O) groups excluding carboxylic acids is 2. The molecule has 1 unspecified atom stereocenters. The van der Waals surface area contributed by atoms with E-state index in [2.05, 4.69) is 15.7 Å². The van der Waals surface area contributed by atoms with Crippen LogP contribution in [0.15, 0.2) is 47.3 Å². The van der Waals surface area contributed by atoms with E-state index in [1.165, 1.54) is 29.0 Å². The molecule has 9 nitrogen and oxygen atoms in total. The van der Waals surface area contributed by atoms with Crippen LogP contribution in [0.5, 0.6) is 0 Å². The molecule has 2 heterocycles. The van der Waals surface area contributed by atoms with E-state index in [0.29, 0.717) is 29.5 Å². The lowest BCUT2D eigenvalue weighted by atomic mass is 10.1. The molecule has 2 amide bonds. The van der Waals surface area contributed by atoms with Gasteiger partial charge in [0.1, 0.15) is 16.7 Å². The first kappa shape index (κ1) is 23.3. The Hall–Kier alpha value is -3.37. The van der Waals surface area contributed by atoms with Crippen molar-refractivity contribution in [2.75, 3.05) is 13.1 Å². The van der Waals surface area contributed by atoms with E-state index in [-0.39, 0.29) is 17.5 Å². The van der Waals surface area contributed by atoms with E-state index in [0.717, 1.165) is 10.4 Å². The standard InChI is InChI=1S/C22H26N6O3S/c1-13(2)28-17(30)10-9-16(27-28)20-18(15-7-5-4-6-8-15)26-22(32-20)19(21(23)31)25-12-11-24-14(3)29/h4-10,13,19,25H,11-12H2,1-3H3,(H2,23,31)(H,24,29). The van der Waals surface area contributed by atoms with E-state index in [9.17, 15) is 14.4 Å². The molecule has 0 aliphatic carbocycles. The first-order valence-corrected chi connectivity index (χ1v) is 11.0. The van der Waals surface area contributed by atoms with Crippen LogP contribution in [-0.4, -0.2) is 39.7 Å². The zero-order valence-electron chi connectivity index (χ0n) is 18.2. The minimum absolute atomic E-state index is 0.108. The summed E-state index contributed by atoms with van der Waals surface area (Å²) < 4.78 is 1.42. The highest BCUT2D eigenvalue weighted by atomic mass is 32.1. The number of rotatable bonds is 9. The van der Waals surface area contributed by atoms with Crippen molar-refractivity contribution in [3.63, 3.8) is 0 Å². The summed E-state index contributed by atoms with van der Waals surface area (Å²) in [5.41, 5.74) is 7.55. The monoisotopic (exact) mass is 454 g/mol. The maximum absolute atomic E-state index is 12.2. The Morgan fingerprint density at radius 3 is 2.47 bits per heavy atom. The second-order valence-electron chi connectivity index (χ2n) is 7.46. The SMILES string of the molecule is CC(=O)NCCNC(C(N)=O)c1nc(-c2ccccc2)c(-c2ccc(=O)n(C(C)C)n2)s1. The normalized spacial score (nSPS) is 12.0. The Kier molecular flexibility index (Phi) is 7.49. The molecule has 0 aliphatic rings. The Bertz CT molecular complexity index is 1160. The fourth-order valence-corrected chi connectivity index (χ4v) is 4.24. The van der Waals surface area contributed by atoms with Crippen molar-refractivity contribution in [2.24, 2.45) is 5.73 Å². The smallest absolute Gasteiger partial charge is 0.267 e. The van der Waals surface area contributed by atoms with Crippen molar-refractivity contribution in [2.45, 2.75) is 32.9 Å². The number of aromatic nitrogens is 3. The van der Waals surface area contributed by atoms with Crippen molar-refractivity contribution >= 4 is 23.2 Å². The minimum Gasteiger partial charge on any atom is -0.368 e. The Morgan fingerprint density at radius 2 is 1.84 bits per heavy atom. The van der Waals surface area contributed by atoms with Gasteiger partial charge in [-0.05, 0) is 19.9 Å². The molecule has 0 aliphatic heterocycles. The molecule has 10 heteroatoms. The topological polar surface area (TPSA) is 132 Å². The first-order chi connectivity index (χ1) is 15.3. The fourth-order valence-electron chi connectivity index (χ4n) is 3.11. The third kappa shape index (κ3) is 5.45. The summed E-state index contributed by atoms with van der Waals surface area (Å²) in [5.74, 6) is -0.732. The van der Waals surface area contributed by atoms with Gasteiger partial charge >= 0.3 is 0 Å². The summed E-state index contributed by atoms with van der Waals surface area (Å²) in [4.78, 5) is 40.9. The van der Waals surface area contributed by atoms with Gasteiger partial charge in [-0.2, -0.15) is 5.10 Å². The molecule has 0 saturated carbocycles. The Balaban J connectivity index is 2.05. The zero-order valence-corrected chi connectivity index (χ0v) is 19.0. The molecule has 32 heavy (non-hydrogen) atoms. The van der Waals surface area contributed by atoms with Crippen LogP contribution in [0, 0.1) is 0 Å². The number of thiazole rings is 1. The summed E-state index contributed by atoms with van der Waals surface area (Å²) in [6, 6.07) is 11.8. The molecule has 4 N–H and O–H groups in total. The van der Waals surface area contributed by atoms with Crippen LogP contribution in [0.3, 0.4) is 0 Å². The number of carbonyl (C=O) groups is 2. The van der Waals surface area contributed by atoms with Gasteiger partial charge in [0, 0.05) is 31.6 Å². The number of hydrogen-bond acceptors (Lipinski definition) is 7. The largest absolute Gasteiger partial charge is 0.368 e. The Morgan fingerprint density at radius 1 is 1.12 bits per heavy atom. The van der Waals surface area contributed by atoms with Crippen LogP contribution in [0.1, 0.15) is 37.9 Å². The second-order valence-corrected chi connectivity index (χ2v) is 8.49. The summed E-state index contributed by atoms with van der Waals surface area (Å²) in [6.07, 6.45) is 0. The first-order valence-electron chi connectivity index (χ1n) is 10.2. The van der Waals surface area contributed by atoms with Gasteiger partial charge in [0.2, 0.25) is 11.8 Å². The quantitative estimate of drug-likeness (QED) is 0.423. The van der Waals surface area contributed by atoms with E-state index >= 15 is 0 Å². The van der Waals surface area contributed by atoms with Gasteiger partial charge in [-0.3, -0.25) is 19.7 Å². The maximum atomic E-state index is 12.2. The van der Waals surface area contributed by atoms with Crippen LogP contribution < -0.4 is 21.9 Å². The van der Waals surface area contributed by atoms with Gasteiger partial charge < -0.3 is 11.1 Å². The van der Waals surface area contributed by atoms with Crippen molar-refractivity contribution < 1.29 is 9.59 Å². The Labute approximate surface area is 189 Å². The zero-order chi connectivity index (χ0) is 23.3. The number of nitrogens with one attached hydrogen (secondary N) is 2. The van der Waals surface area contributed by atoms with Gasteiger partial charge in [0.05, 0.1) is 16.6 Å². The molecule has 0 fully saturated rings. The van der Waals surface area contributed by atoms with E-state index in [1.807, 2.05) is 44.2 Å². The highest BCUT2D eigenvalue weighted by Gasteiger charge is 2.25. The van der Waals surface area contributed by atoms with Gasteiger partial charge in [-0.15, -0.1) is 11.3 Å². The summed E-state index contributed by atoms with van der Waals surface area (Å²) in [5, 5.41) is 10.7. The molecule has 3 aromatic rings. The molecule has 0 spiro atoms. The number of nitrogens with two attached hydrogens (primary N) is 1. The average Bonchev–Trinajstić information content (AvgIpc) is 3.19. The molecule has 0 saturated heterocycles. The molecule has 0 bridgehead atoms. The van der Waals surface area contributed by atoms with Gasteiger partial charge in [-0.25, -0.2) is 9.67 Å². The maximum Gasteiger partial charge on any atom is 0.267 e. The number of hydrogen-bond donors (Lipinski definition) is 3. The van der Waals surface area contributed by atoms with Crippen LogP contribution in [0.25, 0.3) is 21.8 Å². The molecular weight excluding hydrogens is 428 g/mol. The molecule has 3 rings (SSSR count). The predicted molar refractivity (Wildman–Crippen MR) is 124 cm³/mol. The van der Waals surface area contributed by atoms with Crippen molar-refractivity contribution in [3.8, 4) is 21.8 Å².